The number of nitrogens with one attached hydrogen (secondary N) is 2. The Balaban J connectivity index is 1.16. The summed E-state index contributed by atoms with van der Waals surface area (Å²) in [6.45, 7) is 14.7. The highest BCUT2D eigenvalue weighted by atomic mass is 16.3. The zero-order chi connectivity index (χ0) is 28.9. The van der Waals surface area contributed by atoms with Crippen molar-refractivity contribution < 1.29 is 14.0 Å². The lowest BCUT2D eigenvalue weighted by atomic mass is 9.62. The van der Waals surface area contributed by atoms with Gasteiger partial charge in [-0.25, -0.2) is 0 Å². The predicted molar refractivity (Wildman–Crippen MR) is 163 cm³/mol. The fourth-order valence-electron chi connectivity index (χ4n) is 7.09. The third kappa shape index (κ3) is 5.46. The molecule has 4 heterocycles. The topological polar surface area (TPSA) is 74.6 Å². The molecule has 2 bridgehead atoms. The van der Waals surface area contributed by atoms with Gasteiger partial charge in [0.15, 0.2) is 5.76 Å². The second-order valence-electron chi connectivity index (χ2n) is 13.8. The number of benzene rings is 2. The van der Waals surface area contributed by atoms with E-state index in [-0.39, 0.29) is 34.4 Å². The van der Waals surface area contributed by atoms with Crippen LogP contribution in [-0.4, -0.2) is 42.4 Å². The van der Waals surface area contributed by atoms with Gasteiger partial charge < -0.3 is 20.0 Å². The number of fused-ring (bicyclic) bond motifs is 4. The smallest absolute Gasteiger partial charge is 0.291 e. The zero-order valence-electron chi connectivity index (χ0n) is 25.1. The maximum atomic E-state index is 13.3. The lowest BCUT2D eigenvalue weighted by Gasteiger charge is -2.44. The molecule has 1 aromatic heterocycles. The van der Waals surface area contributed by atoms with Gasteiger partial charge in [0.05, 0.1) is 11.3 Å². The molecule has 4 aliphatic rings. The molecule has 1 aliphatic carbocycles. The fraction of sp³-hybridized carbons (Fsp3) is 0.486. The molecular weight excluding hydrogens is 510 g/mol. The van der Waals surface area contributed by atoms with Crippen LogP contribution in [-0.2, 0) is 17.3 Å². The van der Waals surface area contributed by atoms with Crippen molar-refractivity contribution in [1.82, 2.24) is 10.2 Å². The molecule has 0 radical (unpaired) electrons. The Hall–Kier alpha value is -3.38. The highest BCUT2D eigenvalue weighted by Gasteiger charge is 2.38. The summed E-state index contributed by atoms with van der Waals surface area (Å²) in [4.78, 5) is 28.9. The van der Waals surface area contributed by atoms with E-state index in [4.69, 9.17) is 4.42 Å². The number of hydrogen-bond acceptors (Lipinski definition) is 4. The summed E-state index contributed by atoms with van der Waals surface area (Å²) in [6.07, 6.45) is 5.24. The first-order valence-corrected chi connectivity index (χ1v) is 15.2. The lowest BCUT2D eigenvalue weighted by molar-refractivity contribution is 0.0621. The van der Waals surface area contributed by atoms with Crippen LogP contribution in [0, 0.1) is 12.8 Å². The van der Waals surface area contributed by atoms with Gasteiger partial charge in [-0.05, 0) is 109 Å². The standard InChI is InChI=1S/C35H43N3O3/c1-22-18-27-28(35(4,5)15-14-34(27,2)3)20-24(22)19-25-10-11-31(41-25)33(40)36-29-9-7-6-8-26(29)32(39)37-30-21-38-16-12-23(30)13-17-38/h6-11,18,20,23,30H,12-17,19,21H2,1-5H3,(H,36,40)(H,37,39). The van der Waals surface area contributed by atoms with Crippen LogP contribution in [0.15, 0.2) is 52.9 Å². The van der Waals surface area contributed by atoms with Crippen LogP contribution in [0.5, 0.6) is 0 Å². The van der Waals surface area contributed by atoms with Crippen LogP contribution in [0.2, 0.25) is 0 Å². The van der Waals surface area contributed by atoms with Crippen molar-refractivity contribution in [3.05, 3.63) is 87.9 Å². The first-order valence-electron chi connectivity index (χ1n) is 15.2. The Morgan fingerprint density at radius 1 is 0.927 bits per heavy atom. The molecule has 3 aliphatic heterocycles. The number of piperidine rings is 3. The number of hydrogen-bond donors (Lipinski definition) is 2. The van der Waals surface area contributed by atoms with Gasteiger partial charge in [-0.1, -0.05) is 52.0 Å². The number of furan rings is 1. The maximum Gasteiger partial charge on any atom is 0.291 e. The van der Waals surface area contributed by atoms with E-state index in [0.29, 0.717) is 23.6 Å². The Kier molecular flexibility index (Phi) is 7.09. The molecule has 41 heavy (non-hydrogen) atoms. The van der Waals surface area contributed by atoms with Crippen molar-refractivity contribution in [3.63, 3.8) is 0 Å². The molecule has 6 nitrogen and oxygen atoms in total. The molecule has 0 saturated carbocycles. The second-order valence-corrected chi connectivity index (χ2v) is 13.8. The van der Waals surface area contributed by atoms with Gasteiger partial charge in [0.1, 0.15) is 5.76 Å². The number of carbonyl (C=O) groups excluding carboxylic acids is 2. The van der Waals surface area contributed by atoms with Crippen molar-refractivity contribution in [1.29, 1.82) is 0 Å². The normalized spacial score (nSPS) is 24.0. The third-order valence-corrected chi connectivity index (χ3v) is 9.95. The molecule has 3 saturated heterocycles. The number of para-hydroxylation sites is 1. The second kappa shape index (κ2) is 10.5. The molecule has 3 fully saturated rings. The zero-order valence-corrected chi connectivity index (χ0v) is 25.1. The largest absolute Gasteiger partial charge is 0.456 e. The first-order chi connectivity index (χ1) is 19.5. The third-order valence-electron chi connectivity index (χ3n) is 9.95. The van der Waals surface area contributed by atoms with E-state index in [1.807, 2.05) is 18.2 Å². The van der Waals surface area contributed by atoms with Crippen LogP contribution < -0.4 is 10.6 Å². The van der Waals surface area contributed by atoms with E-state index in [9.17, 15) is 9.59 Å². The van der Waals surface area contributed by atoms with Crippen molar-refractivity contribution in [2.75, 3.05) is 25.0 Å². The minimum absolute atomic E-state index is 0.134. The molecule has 216 valence electrons. The van der Waals surface area contributed by atoms with Crippen molar-refractivity contribution in [2.24, 2.45) is 5.92 Å². The van der Waals surface area contributed by atoms with Gasteiger partial charge >= 0.3 is 0 Å². The molecular formula is C35H43N3O3. The van der Waals surface area contributed by atoms with E-state index in [2.05, 4.69) is 62.3 Å². The average Bonchev–Trinajstić information content (AvgIpc) is 3.42. The molecule has 6 heteroatoms. The summed E-state index contributed by atoms with van der Waals surface area (Å²) in [7, 11) is 0. The fourth-order valence-corrected chi connectivity index (χ4v) is 7.09. The summed E-state index contributed by atoms with van der Waals surface area (Å²) in [6, 6.07) is 15.7. The number of rotatable bonds is 6. The number of carbonyl (C=O) groups is 2. The van der Waals surface area contributed by atoms with E-state index in [0.717, 1.165) is 38.2 Å². The van der Waals surface area contributed by atoms with Gasteiger partial charge in [0.2, 0.25) is 0 Å². The molecule has 7 rings (SSSR count). The monoisotopic (exact) mass is 553 g/mol. The summed E-state index contributed by atoms with van der Waals surface area (Å²) in [5.41, 5.74) is 6.62. The minimum atomic E-state index is -0.357. The van der Waals surface area contributed by atoms with Crippen LogP contribution in [0.4, 0.5) is 5.69 Å². The van der Waals surface area contributed by atoms with Crippen LogP contribution in [0.25, 0.3) is 0 Å². The van der Waals surface area contributed by atoms with Gasteiger partial charge in [0, 0.05) is 19.0 Å². The van der Waals surface area contributed by atoms with Gasteiger partial charge in [-0.15, -0.1) is 0 Å². The Morgan fingerprint density at radius 3 is 2.29 bits per heavy atom. The van der Waals surface area contributed by atoms with Crippen molar-refractivity contribution in [2.45, 2.75) is 83.6 Å². The Bertz CT molecular complexity index is 1480. The molecule has 3 aromatic rings. The van der Waals surface area contributed by atoms with Crippen LogP contribution in [0.1, 0.15) is 102 Å². The number of amides is 2. The summed E-state index contributed by atoms with van der Waals surface area (Å²) >= 11 is 0. The maximum absolute atomic E-state index is 13.3. The molecule has 2 aromatic carbocycles. The summed E-state index contributed by atoms with van der Waals surface area (Å²) in [5, 5.41) is 6.16. The molecule has 2 amide bonds. The lowest BCUT2D eigenvalue weighted by Crippen LogP contribution is -2.57. The Morgan fingerprint density at radius 2 is 1.61 bits per heavy atom. The first kappa shape index (κ1) is 27.8. The highest BCUT2D eigenvalue weighted by Crippen LogP contribution is 2.46. The average molecular weight is 554 g/mol. The van der Waals surface area contributed by atoms with Crippen LogP contribution >= 0.6 is 0 Å². The quantitative estimate of drug-likeness (QED) is 0.361. The van der Waals surface area contributed by atoms with E-state index in [1.165, 1.54) is 35.1 Å². The number of anilines is 1. The molecule has 1 unspecified atom stereocenters. The van der Waals surface area contributed by atoms with E-state index >= 15 is 0 Å². The van der Waals surface area contributed by atoms with Crippen molar-refractivity contribution >= 4 is 17.5 Å². The highest BCUT2D eigenvalue weighted by molar-refractivity contribution is 6.08. The van der Waals surface area contributed by atoms with E-state index < -0.39 is 0 Å². The van der Waals surface area contributed by atoms with E-state index in [1.54, 1.807) is 18.2 Å². The SMILES string of the molecule is Cc1cc2c(cc1Cc1ccc(C(=O)Nc3ccccc3C(=O)NC3CN4CCC3CC4)o1)C(C)(C)CCC2(C)C. The minimum Gasteiger partial charge on any atom is -0.456 e. The van der Waals surface area contributed by atoms with Gasteiger partial charge in [-0.2, -0.15) is 0 Å². The summed E-state index contributed by atoms with van der Waals surface area (Å²) in [5.74, 6) is 1.02. The molecule has 2 N–H and O–H groups in total. The van der Waals surface area contributed by atoms with Gasteiger partial charge in [-0.3, -0.25) is 9.59 Å². The molecule has 0 spiro atoms. The number of aryl methyl sites for hydroxylation is 1. The predicted octanol–water partition coefficient (Wildman–Crippen LogP) is 6.60. The molecule has 1 atom stereocenters. The summed E-state index contributed by atoms with van der Waals surface area (Å²) < 4.78 is 6.05. The van der Waals surface area contributed by atoms with Crippen molar-refractivity contribution in [3.8, 4) is 0 Å². The number of nitrogens with zero attached hydrogens (tertiary/aromatic N) is 1. The van der Waals surface area contributed by atoms with Gasteiger partial charge in [0.25, 0.3) is 11.8 Å². The Labute approximate surface area is 243 Å². The van der Waals surface area contributed by atoms with Crippen LogP contribution in [0.3, 0.4) is 0 Å².